The second kappa shape index (κ2) is 7.25. The summed E-state index contributed by atoms with van der Waals surface area (Å²) in [6.07, 6.45) is 8.05. The summed E-state index contributed by atoms with van der Waals surface area (Å²) in [5.41, 5.74) is 5.61. The third-order valence-corrected chi connectivity index (χ3v) is 5.27. The van der Waals surface area contributed by atoms with Crippen LogP contribution in [0.15, 0.2) is 0 Å². The molecule has 2 aliphatic carbocycles. The quantitative estimate of drug-likeness (QED) is 0.541. The molecule has 0 aromatic carbocycles. The van der Waals surface area contributed by atoms with Gasteiger partial charge in [0.2, 0.25) is 5.91 Å². The number of hydrazine groups is 1. The van der Waals surface area contributed by atoms with Crippen LogP contribution >= 0.6 is 12.2 Å². The minimum Gasteiger partial charge on any atom is -0.358 e. The van der Waals surface area contributed by atoms with Crippen LogP contribution in [0, 0.1) is 17.8 Å². The third-order valence-electron chi connectivity index (χ3n) is 5.05. The van der Waals surface area contributed by atoms with Gasteiger partial charge in [-0.15, -0.1) is 0 Å². The number of carbonyl (C=O) groups is 1. The predicted molar refractivity (Wildman–Crippen MR) is 84.9 cm³/mol. The van der Waals surface area contributed by atoms with Crippen molar-refractivity contribution in [2.24, 2.45) is 17.8 Å². The molecule has 3 N–H and O–H groups in total. The minimum absolute atomic E-state index is 0.0803. The minimum atomic E-state index is 0.0803. The summed E-state index contributed by atoms with van der Waals surface area (Å²) in [4.78, 5) is 11.9. The molecule has 20 heavy (non-hydrogen) atoms. The normalized spacial score (nSPS) is 30.8. The third kappa shape index (κ3) is 4.08. The Hall–Kier alpha value is -0.840. The number of carbonyl (C=O) groups excluding carboxylic acids is 1. The second-order valence-corrected chi connectivity index (χ2v) is 6.85. The molecule has 0 aliphatic heterocycles. The van der Waals surface area contributed by atoms with E-state index >= 15 is 0 Å². The predicted octanol–water partition coefficient (Wildman–Crippen LogP) is 2.50. The molecule has 2 fully saturated rings. The van der Waals surface area contributed by atoms with E-state index < -0.39 is 0 Å². The molecule has 2 aliphatic rings. The first kappa shape index (κ1) is 15.5. The molecule has 0 aromatic heterocycles. The van der Waals surface area contributed by atoms with Gasteiger partial charge >= 0.3 is 0 Å². The molecule has 0 saturated heterocycles. The zero-order valence-corrected chi connectivity index (χ0v) is 13.4. The average Bonchev–Trinajstić information content (AvgIpc) is 2.95. The van der Waals surface area contributed by atoms with Gasteiger partial charge in [0, 0.05) is 12.0 Å². The Morgan fingerprint density at radius 3 is 2.40 bits per heavy atom. The van der Waals surface area contributed by atoms with Gasteiger partial charge in [0.1, 0.15) is 0 Å². The van der Waals surface area contributed by atoms with E-state index in [1.807, 2.05) is 0 Å². The summed E-state index contributed by atoms with van der Waals surface area (Å²) >= 11 is 5.28. The summed E-state index contributed by atoms with van der Waals surface area (Å²) in [6.45, 7) is 4.58. The van der Waals surface area contributed by atoms with Crippen LogP contribution in [0.2, 0.25) is 0 Å². The molecule has 0 heterocycles. The fourth-order valence-electron chi connectivity index (χ4n) is 3.40. The van der Waals surface area contributed by atoms with Crippen molar-refractivity contribution in [3.8, 4) is 0 Å². The van der Waals surface area contributed by atoms with E-state index in [0.29, 0.717) is 17.1 Å². The van der Waals surface area contributed by atoms with Gasteiger partial charge in [-0.3, -0.25) is 15.6 Å². The van der Waals surface area contributed by atoms with Gasteiger partial charge in [0.25, 0.3) is 0 Å². The maximum absolute atomic E-state index is 11.9. The van der Waals surface area contributed by atoms with E-state index in [0.717, 1.165) is 38.0 Å². The van der Waals surface area contributed by atoms with Crippen molar-refractivity contribution in [3.05, 3.63) is 0 Å². The van der Waals surface area contributed by atoms with Gasteiger partial charge in [0.05, 0.1) is 0 Å². The summed E-state index contributed by atoms with van der Waals surface area (Å²) in [5, 5.41) is 3.89. The lowest BCUT2D eigenvalue weighted by Gasteiger charge is -2.35. The summed E-state index contributed by atoms with van der Waals surface area (Å²) < 4.78 is 0. The van der Waals surface area contributed by atoms with Crippen molar-refractivity contribution in [2.75, 3.05) is 0 Å². The van der Waals surface area contributed by atoms with Crippen LogP contribution in [0.5, 0.6) is 0 Å². The number of rotatable bonds is 2. The van der Waals surface area contributed by atoms with E-state index in [2.05, 4.69) is 30.0 Å². The number of nitrogens with one attached hydrogen (secondary N) is 3. The summed E-state index contributed by atoms with van der Waals surface area (Å²) in [6, 6.07) is 0.419. The molecule has 0 aromatic rings. The fourth-order valence-corrected chi connectivity index (χ4v) is 3.60. The van der Waals surface area contributed by atoms with Crippen LogP contribution in [0.4, 0.5) is 0 Å². The van der Waals surface area contributed by atoms with Crippen molar-refractivity contribution >= 4 is 23.2 Å². The molecule has 0 bridgehead atoms. The molecular weight excluding hydrogens is 270 g/mol. The van der Waals surface area contributed by atoms with E-state index in [4.69, 9.17) is 12.2 Å². The lowest BCUT2D eigenvalue weighted by atomic mass is 9.78. The highest BCUT2D eigenvalue weighted by molar-refractivity contribution is 7.80. The molecule has 2 saturated carbocycles. The Morgan fingerprint density at radius 1 is 1.00 bits per heavy atom. The molecule has 1 amide bonds. The van der Waals surface area contributed by atoms with E-state index in [1.165, 1.54) is 12.8 Å². The first-order valence-electron chi connectivity index (χ1n) is 7.94. The lowest BCUT2D eigenvalue weighted by molar-refractivity contribution is -0.125. The Bertz CT molecular complexity index is 355. The van der Waals surface area contributed by atoms with Crippen molar-refractivity contribution in [1.82, 2.24) is 16.2 Å². The highest BCUT2D eigenvalue weighted by Crippen LogP contribution is 2.29. The van der Waals surface area contributed by atoms with E-state index in [-0.39, 0.29) is 11.8 Å². The number of hydrogen-bond donors (Lipinski definition) is 3. The maximum atomic E-state index is 11.9. The Labute approximate surface area is 127 Å². The van der Waals surface area contributed by atoms with Crippen molar-refractivity contribution in [3.63, 3.8) is 0 Å². The molecule has 0 spiro atoms. The zero-order valence-electron chi connectivity index (χ0n) is 12.6. The van der Waals surface area contributed by atoms with Crippen molar-refractivity contribution < 1.29 is 4.79 Å². The standard InChI is InChI=1S/C15H27N3OS/c1-10-6-5-9-13(11(10)2)16-15(20)18-17-14(19)12-7-3-4-8-12/h10-13H,3-9H2,1-2H3,(H,17,19)(H2,16,18,20)/t10-,11+,13+/m0/s1. The van der Waals surface area contributed by atoms with E-state index in [9.17, 15) is 4.79 Å². The largest absolute Gasteiger partial charge is 0.358 e. The Balaban J connectivity index is 1.70. The molecule has 2 rings (SSSR count). The van der Waals surface area contributed by atoms with Gasteiger partial charge in [-0.05, 0) is 43.3 Å². The van der Waals surface area contributed by atoms with Crippen LogP contribution in [-0.4, -0.2) is 17.1 Å². The Morgan fingerprint density at radius 2 is 1.70 bits per heavy atom. The average molecular weight is 297 g/mol. The summed E-state index contributed by atoms with van der Waals surface area (Å²) in [5.74, 6) is 1.60. The molecule has 3 atom stereocenters. The number of amides is 1. The molecule has 0 radical (unpaired) electrons. The lowest BCUT2D eigenvalue weighted by Crippen LogP contribution is -2.53. The first-order chi connectivity index (χ1) is 9.58. The fraction of sp³-hybridized carbons (Fsp3) is 0.867. The first-order valence-corrected chi connectivity index (χ1v) is 8.35. The van der Waals surface area contributed by atoms with Gasteiger partial charge in [-0.1, -0.05) is 39.5 Å². The molecule has 5 heteroatoms. The van der Waals surface area contributed by atoms with Crippen LogP contribution in [0.25, 0.3) is 0 Å². The highest BCUT2D eigenvalue weighted by Gasteiger charge is 2.27. The van der Waals surface area contributed by atoms with Crippen LogP contribution < -0.4 is 16.2 Å². The number of thiocarbonyl (C=S) groups is 1. The molecule has 4 nitrogen and oxygen atoms in total. The zero-order chi connectivity index (χ0) is 14.5. The molecule has 0 unspecified atom stereocenters. The monoisotopic (exact) mass is 297 g/mol. The topological polar surface area (TPSA) is 53.2 Å². The van der Waals surface area contributed by atoms with Crippen molar-refractivity contribution in [1.29, 1.82) is 0 Å². The molecular formula is C15H27N3OS. The maximum Gasteiger partial charge on any atom is 0.241 e. The smallest absolute Gasteiger partial charge is 0.241 e. The van der Waals surface area contributed by atoms with Gasteiger partial charge < -0.3 is 5.32 Å². The highest BCUT2D eigenvalue weighted by atomic mass is 32.1. The Kier molecular flexibility index (Phi) is 5.64. The van der Waals surface area contributed by atoms with Gasteiger partial charge in [-0.2, -0.15) is 0 Å². The van der Waals surface area contributed by atoms with Crippen molar-refractivity contribution in [2.45, 2.75) is 64.8 Å². The van der Waals surface area contributed by atoms with Crippen LogP contribution in [-0.2, 0) is 4.79 Å². The van der Waals surface area contributed by atoms with Crippen LogP contribution in [0.3, 0.4) is 0 Å². The number of hydrogen-bond acceptors (Lipinski definition) is 2. The second-order valence-electron chi connectivity index (χ2n) is 6.44. The SMILES string of the molecule is C[C@@H]1[C@@H](C)CCC[C@H]1NC(=S)NNC(=O)C1CCCC1. The van der Waals surface area contributed by atoms with E-state index in [1.54, 1.807) is 0 Å². The van der Waals surface area contributed by atoms with Gasteiger partial charge in [0.15, 0.2) is 5.11 Å². The van der Waals surface area contributed by atoms with Crippen LogP contribution in [0.1, 0.15) is 58.8 Å². The summed E-state index contributed by atoms with van der Waals surface area (Å²) in [7, 11) is 0. The molecule has 114 valence electrons. The van der Waals surface area contributed by atoms with Gasteiger partial charge in [-0.25, -0.2) is 0 Å².